The lowest BCUT2D eigenvalue weighted by Gasteiger charge is -2.24. The van der Waals surface area contributed by atoms with Gasteiger partial charge in [0, 0.05) is 17.4 Å². The molecule has 0 aromatic heterocycles. The van der Waals surface area contributed by atoms with E-state index in [2.05, 4.69) is 35.0 Å². The number of nitrogens with zero attached hydrogens (tertiary/aromatic N) is 1. The zero-order valence-corrected chi connectivity index (χ0v) is 10.3. The summed E-state index contributed by atoms with van der Waals surface area (Å²) in [5.41, 5.74) is 1.20. The predicted octanol–water partition coefficient (Wildman–Crippen LogP) is 3.13. The van der Waals surface area contributed by atoms with Crippen LogP contribution < -0.4 is 0 Å². The third-order valence-corrected chi connectivity index (χ3v) is 3.46. The normalized spacial score (nSPS) is 18.3. The first-order valence-corrected chi connectivity index (χ1v) is 6.03. The van der Waals surface area contributed by atoms with E-state index in [0.29, 0.717) is 6.42 Å². The molecule has 3 heteroatoms. The van der Waals surface area contributed by atoms with Crippen molar-refractivity contribution in [1.82, 2.24) is 4.90 Å². The van der Waals surface area contributed by atoms with Crippen LogP contribution in [0.25, 0.3) is 0 Å². The zero-order chi connectivity index (χ0) is 10.8. The number of hydrogen-bond acceptors (Lipinski definition) is 1. The summed E-state index contributed by atoms with van der Waals surface area (Å²) in [6, 6.07) is 8.38. The van der Waals surface area contributed by atoms with Crippen molar-refractivity contribution < 1.29 is 4.79 Å². The van der Waals surface area contributed by atoms with E-state index in [9.17, 15) is 4.79 Å². The Hall–Kier alpha value is -0.830. The summed E-state index contributed by atoms with van der Waals surface area (Å²) in [5, 5.41) is 0. The van der Waals surface area contributed by atoms with E-state index in [1.807, 2.05) is 17.0 Å². The first-order chi connectivity index (χ1) is 7.18. The maximum atomic E-state index is 11.6. The monoisotopic (exact) mass is 267 g/mol. The molecule has 1 saturated heterocycles. The Morgan fingerprint density at radius 2 is 2.00 bits per heavy atom. The zero-order valence-electron chi connectivity index (χ0n) is 8.74. The van der Waals surface area contributed by atoms with Crippen LogP contribution in [0.15, 0.2) is 28.7 Å². The summed E-state index contributed by atoms with van der Waals surface area (Å²) < 4.78 is 1.08. The number of likely N-dealkylation sites (tertiary alicyclic amines) is 1. The summed E-state index contributed by atoms with van der Waals surface area (Å²) in [6.45, 7) is 2.99. The van der Waals surface area contributed by atoms with Gasteiger partial charge in [-0.05, 0) is 31.0 Å². The van der Waals surface area contributed by atoms with Crippen molar-refractivity contribution >= 4 is 21.8 Å². The molecule has 2 nitrogen and oxygen atoms in total. The lowest BCUT2D eigenvalue weighted by atomic mass is 10.1. The Balaban J connectivity index is 2.16. The summed E-state index contributed by atoms with van der Waals surface area (Å²) in [6.07, 6.45) is 1.71. The number of halogens is 1. The van der Waals surface area contributed by atoms with Gasteiger partial charge in [-0.15, -0.1) is 0 Å². The van der Waals surface area contributed by atoms with Gasteiger partial charge in [0.2, 0.25) is 5.91 Å². The molecule has 0 spiro atoms. The van der Waals surface area contributed by atoms with Gasteiger partial charge >= 0.3 is 0 Å². The molecule has 2 rings (SSSR count). The summed E-state index contributed by atoms with van der Waals surface area (Å²) in [7, 11) is 0. The van der Waals surface area contributed by atoms with E-state index < -0.39 is 0 Å². The van der Waals surface area contributed by atoms with Crippen LogP contribution in [0.1, 0.15) is 31.4 Å². The maximum Gasteiger partial charge on any atom is 0.223 e. The molecular weight excluding hydrogens is 254 g/mol. The van der Waals surface area contributed by atoms with Gasteiger partial charge in [0.1, 0.15) is 0 Å². The first-order valence-electron chi connectivity index (χ1n) is 5.23. The van der Waals surface area contributed by atoms with Gasteiger partial charge < -0.3 is 4.90 Å². The van der Waals surface area contributed by atoms with Crippen LogP contribution >= 0.6 is 15.9 Å². The lowest BCUT2D eigenvalue weighted by molar-refractivity contribution is -0.129. The van der Waals surface area contributed by atoms with Crippen LogP contribution in [0.3, 0.4) is 0 Å². The van der Waals surface area contributed by atoms with Gasteiger partial charge in [-0.1, -0.05) is 28.1 Å². The molecule has 1 aromatic rings. The average Bonchev–Trinajstić information content (AvgIpc) is 2.65. The van der Waals surface area contributed by atoms with Crippen LogP contribution in [0.5, 0.6) is 0 Å². The minimum Gasteiger partial charge on any atom is -0.336 e. The number of amides is 1. The fourth-order valence-corrected chi connectivity index (χ4v) is 2.26. The van der Waals surface area contributed by atoms with Gasteiger partial charge in [0.05, 0.1) is 6.04 Å². The average molecular weight is 268 g/mol. The number of carbonyl (C=O) groups excluding carboxylic acids is 1. The summed E-state index contributed by atoms with van der Waals surface area (Å²) in [4.78, 5) is 13.5. The molecule has 1 aromatic carbocycles. The number of rotatable bonds is 2. The Morgan fingerprint density at radius 1 is 1.33 bits per heavy atom. The highest BCUT2D eigenvalue weighted by atomic mass is 79.9. The Kier molecular flexibility index (Phi) is 3.10. The minimum absolute atomic E-state index is 0.202. The molecule has 1 amide bonds. The van der Waals surface area contributed by atoms with Crippen molar-refractivity contribution in [3.63, 3.8) is 0 Å². The smallest absolute Gasteiger partial charge is 0.223 e. The second kappa shape index (κ2) is 4.35. The van der Waals surface area contributed by atoms with Gasteiger partial charge in [-0.2, -0.15) is 0 Å². The fraction of sp³-hybridized carbons (Fsp3) is 0.417. The van der Waals surface area contributed by atoms with Gasteiger partial charge in [0.15, 0.2) is 0 Å². The van der Waals surface area contributed by atoms with E-state index in [4.69, 9.17) is 0 Å². The molecule has 1 aliphatic rings. The van der Waals surface area contributed by atoms with E-state index in [1.165, 1.54) is 5.56 Å². The number of benzene rings is 1. The summed E-state index contributed by atoms with van der Waals surface area (Å²) in [5.74, 6) is 0.283. The third kappa shape index (κ3) is 2.23. The molecular formula is C12H14BrNO. The van der Waals surface area contributed by atoms with E-state index in [0.717, 1.165) is 17.4 Å². The summed E-state index contributed by atoms with van der Waals surface area (Å²) >= 11 is 3.41. The minimum atomic E-state index is 0.202. The van der Waals surface area contributed by atoms with Crippen LogP contribution in [0.4, 0.5) is 0 Å². The molecule has 0 aliphatic carbocycles. The highest BCUT2D eigenvalue weighted by molar-refractivity contribution is 9.10. The molecule has 1 heterocycles. The molecule has 1 atom stereocenters. The van der Waals surface area contributed by atoms with Crippen molar-refractivity contribution in [2.45, 2.75) is 25.8 Å². The van der Waals surface area contributed by atoms with Gasteiger partial charge in [0.25, 0.3) is 0 Å². The van der Waals surface area contributed by atoms with E-state index in [-0.39, 0.29) is 11.9 Å². The van der Waals surface area contributed by atoms with E-state index in [1.54, 1.807) is 0 Å². The molecule has 1 fully saturated rings. The Morgan fingerprint density at radius 3 is 2.53 bits per heavy atom. The van der Waals surface area contributed by atoms with Crippen molar-refractivity contribution in [2.75, 3.05) is 6.54 Å². The molecule has 0 saturated carbocycles. The standard InChI is InChI=1S/C12H14BrNO/c1-9(14-8-2-3-12(14)15)10-4-6-11(13)7-5-10/h4-7,9H,2-3,8H2,1H3/t9-/m1/s1. The SMILES string of the molecule is C[C@H](c1ccc(Br)cc1)N1CCCC1=O. The maximum absolute atomic E-state index is 11.6. The van der Waals surface area contributed by atoms with Crippen LogP contribution in [-0.4, -0.2) is 17.4 Å². The fourth-order valence-electron chi connectivity index (χ4n) is 2.00. The Bertz CT molecular complexity index is 360. The van der Waals surface area contributed by atoms with Crippen molar-refractivity contribution in [1.29, 1.82) is 0 Å². The largest absolute Gasteiger partial charge is 0.336 e. The van der Waals surface area contributed by atoms with Gasteiger partial charge in [-0.25, -0.2) is 0 Å². The Labute approximate surface area is 98.4 Å². The van der Waals surface area contributed by atoms with Crippen LogP contribution in [-0.2, 0) is 4.79 Å². The topological polar surface area (TPSA) is 20.3 Å². The molecule has 15 heavy (non-hydrogen) atoms. The third-order valence-electron chi connectivity index (χ3n) is 2.93. The second-order valence-corrected chi connectivity index (χ2v) is 4.83. The quantitative estimate of drug-likeness (QED) is 0.807. The molecule has 0 radical (unpaired) electrons. The number of hydrogen-bond donors (Lipinski definition) is 0. The highest BCUT2D eigenvalue weighted by Gasteiger charge is 2.25. The lowest BCUT2D eigenvalue weighted by Crippen LogP contribution is -2.27. The van der Waals surface area contributed by atoms with Crippen LogP contribution in [0, 0.1) is 0 Å². The van der Waals surface area contributed by atoms with Crippen molar-refractivity contribution in [3.8, 4) is 0 Å². The predicted molar refractivity (Wildman–Crippen MR) is 63.5 cm³/mol. The molecule has 0 unspecified atom stereocenters. The molecule has 0 N–H and O–H groups in total. The van der Waals surface area contributed by atoms with E-state index >= 15 is 0 Å². The van der Waals surface area contributed by atoms with Crippen molar-refractivity contribution in [2.24, 2.45) is 0 Å². The molecule has 0 bridgehead atoms. The molecule has 1 aliphatic heterocycles. The van der Waals surface area contributed by atoms with Crippen molar-refractivity contribution in [3.05, 3.63) is 34.3 Å². The molecule has 80 valence electrons. The van der Waals surface area contributed by atoms with Crippen LogP contribution in [0.2, 0.25) is 0 Å². The van der Waals surface area contributed by atoms with Gasteiger partial charge in [-0.3, -0.25) is 4.79 Å². The first kappa shape index (κ1) is 10.7. The highest BCUT2D eigenvalue weighted by Crippen LogP contribution is 2.26. The second-order valence-electron chi connectivity index (χ2n) is 3.92. The number of carbonyl (C=O) groups is 1.